The molecule has 3 aliphatic rings. The minimum absolute atomic E-state index is 0.0242. The van der Waals surface area contributed by atoms with E-state index >= 15 is 0 Å². The molecule has 0 radical (unpaired) electrons. The molecule has 2 bridgehead atoms. The number of aliphatic hydroxyl groups is 1. The summed E-state index contributed by atoms with van der Waals surface area (Å²) in [7, 11) is 0. The summed E-state index contributed by atoms with van der Waals surface area (Å²) in [6, 6.07) is 4.65. The van der Waals surface area contributed by atoms with Gasteiger partial charge in [-0.05, 0) is 63.1 Å². The van der Waals surface area contributed by atoms with Crippen LogP contribution in [-0.4, -0.2) is 63.1 Å². The number of fused-ring (bicyclic) bond motifs is 1. The highest BCUT2D eigenvalue weighted by Crippen LogP contribution is 2.66. The van der Waals surface area contributed by atoms with Crippen LogP contribution in [0.4, 0.5) is 5.69 Å². The van der Waals surface area contributed by atoms with E-state index in [1.54, 1.807) is 23.6 Å². The van der Waals surface area contributed by atoms with Crippen LogP contribution in [0.5, 0.6) is 0 Å². The van der Waals surface area contributed by atoms with Gasteiger partial charge in [0.15, 0.2) is 0 Å². The van der Waals surface area contributed by atoms with Crippen LogP contribution < -0.4 is 5.32 Å². The van der Waals surface area contributed by atoms with E-state index in [9.17, 15) is 19.5 Å². The molecule has 3 aliphatic heterocycles. The molecular formula is C26H36N2O5S. The van der Waals surface area contributed by atoms with Crippen molar-refractivity contribution in [3.8, 4) is 0 Å². The number of anilines is 1. The molecule has 2 unspecified atom stereocenters. The number of carbonyl (C=O) groups excluding carboxylic acids is 3. The number of likely N-dealkylation sites (tertiary alicyclic amines) is 1. The van der Waals surface area contributed by atoms with Crippen molar-refractivity contribution in [3.05, 3.63) is 29.3 Å². The molecule has 8 heteroatoms. The molecule has 7 nitrogen and oxygen atoms in total. The first-order valence-electron chi connectivity index (χ1n) is 12.3. The predicted molar refractivity (Wildman–Crippen MR) is 132 cm³/mol. The molecule has 3 fully saturated rings. The first kappa shape index (κ1) is 25.0. The van der Waals surface area contributed by atoms with Gasteiger partial charge in [-0.2, -0.15) is 0 Å². The Bertz CT molecular complexity index is 982. The summed E-state index contributed by atoms with van der Waals surface area (Å²) >= 11 is 1.61. The van der Waals surface area contributed by atoms with Crippen molar-refractivity contribution in [1.29, 1.82) is 0 Å². The minimum Gasteiger partial charge on any atom is -0.466 e. The lowest BCUT2D eigenvalue weighted by molar-refractivity contribution is -0.154. The summed E-state index contributed by atoms with van der Waals surface area (Å²) in [6.45, 7) is 9.78. The maximum Gasteiger partial charge on any atom is 0.310 e. The van der Waals surface area contributed by atoms with Crippen molar-refractivity contribution in [3.63, 3.8) is 0 Å². The zero-order valence-corrected chi connectivity index (χ0v) is 21.5. The Labute approximate surface area is 206 Å². The molecule has 0 aromatic heterocycles. The Morgan fingerprint density at radius 3 is 2.71 bits per heavy atom. The Morgan fingerprint density at radius 1 is 1.32 bits per heavy atom. The first-order chi connectivity index (χ1) is 16.1. The van der Waals surface area contributed by atoms with Gasteiger partial charge in [-0.25, -0.2) is 0 Å². The molecule has 186 valence electrons. The number of nitrogens with one attached hydrogen (secondary N) is 1. The quantitative estimate of drug-likeness (QED) is 0.545. The Hall–Kier alpha value is -2.06. The minimum atomic E-state index is -0.754. The Balaban J connectivity index is 1.76. The fourth-order valence-electron chi connectivity index (χ4n) is 6.18. The number of hydrogen-bond acceptors (Lipinski definition) is 6. The van der Waals surface area contributed by atoms with Gasteiger partial charge in [0.05, 0.1) is 35.8 Å². The SMILES string of the molecule is CCOC(=O)[C@@H]1[C@H]2C(=O)N([C@@H](CO)CC(C)C)C(C(=O)Nc3cc(C)ccc3C)C23CC[C@H]1S3. The highest BCUT2D eigenvalue weighted by atomic mass is 32.2. The van der Waals surface area contributed by atoms with Crippen LogP contribution >= 0.6 is 11.8 Å². The maximum atomic E-state index is 14.0. The van der Waals surface area contributed by atoms with Gasteiger partial charge in [0.2, 0.25) is 11.8 Å². The molecule has 6 atom stereocenters. The van der Waals surface area contributed by atoms with Crippen LogP contribution in [0.3, 0.4) is 0 Å². The van der Waals surface area contributed by atoms with Crippen LogP contribution in [-0.2, 0) is 19.1 Å². The molecule has 1 aromatic carbocycles. The van der Waals surface area contributed by atoms with Gasteiger partial charge >= 0.3 is 5.97 Å². The molecular weight excluding hydrogens is 452 g/mol. The van der Waals surface area contributed by atoms with E-state index in [0.29, 0.717) is 12.8 Å². The molecule has 1 spiro atoms. The number of esters is 1. The van der Waals surface area contributed by atoms with Gasteiger partial charge in [-0.1, -0.05) is 26.0 Å². The monoisotopic (exact) mass is 488 g/mol. The van der Waals surface area contributed by atoms with E-state index in [0.717, 1.165) is 23.2 Å². The zero-order valence-electron chi connectivity index (χ0n) is 20.7. The lowest BCUT2D eigenvalue weighted by Crippen LogP contribution is -2.55. The second-order valence-corrected chi connectivity index (χ2v) is 11.9. The smallest absolute Gasteiger partial charge is 0.310 e. The second-order valence-electron chi connectivity index (χ2n) is 10.3. The van der Waals surface area contributed by atoms with Crippen molar-refractivity contribution in [2.75, 3.05) is 18.5 Å². The summed E-state index contributed by atoms with van der Waals surface area (Å²) in [6.07, 6.45) is 2.04. The maximum absolute atomic E-state index is 14.0. The molecule has 4 rings (SSSR count). The number of amides is 2. The third-order valence-electron chi connectivity index (χ3n) is 7.54. The third kappa shape index (κ3) is 4.02. The molecule has 0 aliphatic carbocycles. The van der Waals surface area contributed by atoms with E-state index in [4.69, 9.17) is 4.74 Å². The van der Waals surface area contributed by atoms with E-state index in [-0.39, 0.29) is 42.2 Å². The summed E-state index contributed by atoms with van der Waals surface area (Å²) in [5, 5.41) is 13.4. The fourth-order valence-corrected chi connectivity index (χ4v) is 8.38. The lowest BCUT2D eigenvalue weighted by atomic mass is 9.71. The number of hydrogen-bond donors (Lipinski definition) is 2. The number of aryl methyl sites for hydroxylation is 2. The van der Waals surface area contributed by atoms with Crippen molar-refractivity contribution in [2.45, 2.75) is 76.0 Å². The molecule has 3 saturated heterocycles. The number of aliphatic hydroxyl groups excluding tert-OH is 1. The highest BCUT2D eigenvalue weighted by Gasteiger charge is 2.74. The zero-order chi connectivity index (χ0) is 24.8. The topological polar surface area (TPSA) is 95.9 Å². The number of rotatable bonds is 8. The van der Waals surface area contributed by atoms with E-state index in [1.807, 2.05) is 45.9 Å². The van der Waals surface area contributed by atoms with Gasteiger partial charge in [-0.15, -0.1) is 11.8 Å². The summed E-state index contributed by atoms with van der Waals surface area (Å²) < 4.78 is 4.68. The highest BCUT2D eigenvalue weighted by molar-refractivity contribution is 8.02. The number of nitrogens with zero attached hydrogens (tertiary/aromatic N) is 1. The van der Waals surface area contributed by atoms with E-state index in [2.05, 4.69) is 5.32 Å². The standard InChI is InChI=1S/C26H36N2O5S/c1-6-33-25(32)20-19-9-10-26(34-19)21(20)24(31)28(17(13-29)11-14(2)3)22(26)23(30)27-18-12-15(4)7-8-16(18)5/h7-8,12,14,17,19-22,29H,6,9-11,13H2,1-5H3,(H,27,30)/t17-,19-,20+,21+,22?,26?/m1/s1. The largest absolute Gasteiger partial charge is 0.466 e. The van der Waals surface area contributed by atoms with Gasteiger partial charge in [0.1, 0.15) is 6.04 Å². The number of ether oxygens (including phenoxy) is 1. The predicted octanol–water partition coefficient (Wildman–Crippen LogP) is 3.30. The molecule has 34 heavy (non-hydrogen) atoms. The van der Waals surface area contributed by atoms with E-state index in [1.165, 1.54) is 0 Å². The Kier molecular flexibility index (Phi) is 7.02. The van der Waals surface area contributed by atoms with E-state index < -0.39 is 28.7 Å². The van der Waals surface area contributed by atoms with Crippen molar-refractivity contribution in [2.24, 2.45) is 17.8 Å². The van der Waals surface area contributed by atoms with Crippen LogP contribution in [0.2, 0.25) is 0 Å². The van der Waals surface area contributed by atoms with Gasteiger partial charge < -0.3 is 20.1 Å². The summed E-state index contributed by atoms with van der Waals surface area (Å²) in [5.41, 5.74) is 2.70. The number of thioether (sulfide) groups is 1. The van der Waals surface area contributed by atoms with Gasteiger partial charge in [-0.3, -0.25) is 14.4 Å². The molecule has 0 saturated carbocycles. The van der Waals surface area contributed by atoms with Gasteiger partial charge in [0, 0.05) is 10.9 Å². The summed E-state index contributed by atoms with van der Waals surface area (Å²) in [5.74, 6) is -1.72. The normalized spacial score (nSPS) is 30.6. The summed E-state index contributed by atoms with van der Waals surface area (Å²) in [4.78, 5) is 42.5. The van der Waals surface area contributed by atoms with Crippen molar-refractivity contribution >= 4 is 35.2 Å². The van der Waals surface area contributed by atoms with Gasteiger partial charge in [0.25, 0.3) is 0 Å². The van der Waals surface area contributed by atoms with Crippen LogP contribution in [0.1, 0.15) is 51.2 Å². The third-order valence-corrected chi connectivity index (χ3v) is 9.50. The number of carbonyl (C=O) groups is 3. The van der Waals surface area contributed by atoms with Crippen LogP contribution in [0.25, 0.3) is 0 Å². The molecule has 2 N–H and O–H groups in total. The first-order valence-corrected chi connectivity index (χ1v) is 13.2. The average Bonchev–Trinajstić information content (AvgIpc) is 3.42. The fraction of sp³-hybridized carbons (Fsp3) is 0.654. The Morgan fingerprint density at radius 2 is 2.06 bits per heavy atom. The van der Waals surface area contributed by atoms with Crippen molar-refractivity contribution < 1.29 is 24.2 Å². The molecule has 1 aromatic rings. The van der Waals surface area contributed by atoms with Crippen molar-refractivity contribution in [1.82, 2.24) is 4.90 Å². The van der Waals surface area contributed by atoms with Crippen LogP contribution in [0, 0.1) is 31.6 Å². The molecule has 3 heterocycles. The lowest BCUT2D eigenvalue weighted by Gasteiger charge is -2.37. The average molecular weight is 489 g/mol. The molecule has 2 amide bonds. The second kappa shape index (κ2) is 9.53. The number of benzene rings is 1. The van der Waals surface area contributed by atoms with Crippen LogP contribution in [0.15, 0.2) is 18.2 Å².